The van der Waals surface area contributed by atoms with E-state index in [1.165, 1.54) is 5.56 Å². The molecule has 1 atom stereocenters. The van der Waals surface area contributed by atoms with E-state index in [2.05, 4.69) is 16.9 Å². The Morgan fingerprint density at radius 1 is 1.33 bits per heavy atom. The molecule has 2 aromatic heterocycles. The highest BCUT2D eigenvalue weighted by Gasteiger charge is 2.17. The van der Waals surface area contributed by atoms with Crippen molar-refractivity contribution in [2.75, 3.05) is 20.1 Å². The Bertz CT molecular complexity index is 441. The van der Waals surface area contributed by atoms with Gasteiger partial charge in [-0.05, 0) is 43.3 Å². The van der Waals surface area contributed by atoms with Crippen molar-refractivity contribution < 1.29 is 4.42 Å². The molecule has 2 heterocycles. The Labute approximate surface area is 107 Å². The first-order valence-corrected chi connectivity index (χ1v) is 6.14. The highest BCUT2D eigenvalue weighted by atomic mass is 16.3. The molecule has 0 fully saturated rings. The third kappa shape index (κ3) is 3.18. The summed E-state index contributed by atoms with van der Waals surface area (Å²) in [6.45, 7) is 1.49. The van der Waals surface area contributed by atoms with Crippen molar-refractivity contribution in [1.29, 1.82) is 0 Å². The van der Waals surface area contributed by atoms with Crippen LogP contribution >= 0.6 is 0 Å². The van der Waals surface area contributed by atoms with Gasteiger partial charge >= 0.3 is 0 Å². The first-order valence-electron chi connectivity index (χ1n) is 6.14. The summed E-state index contributed by atoms with van der Waals surface area (Å²) in [7, 11) is 2.07. The smallest absolute Gasteiger partial charge is 0.122 e. The lowest BCUT2D eigenvalue weighted by molar-refractivity contribution is 0.223. The van der Waals surface area contributed by atoms with Crippen molar-refractivity contribution in [1.82, 2.24) is 9.88 Å². The minimum Gasteiger partial charge on any atom is -0.468 e. The number of rotatable bonds is 6. The standard InChI is InChI=1S/C14H19N3O/c1-17(9-6-12-4-7-16-8-5-12)13(11-15)14-3-2-10-18-14/h2-5,7-8,10,13H,6,9,11,15H2,1H3. The third-order valence-corrected chi connectivity index (χ3v) is 3.13. The Hall–Kier alpha value is -1.65. The van der Waals surface area contributed by atoms with Crippen LogP contribution in [-0.4, -0.2) is 30.0 Å². The van der Waals surface area contributed by atoms with E-state index in [9.17, 15) is 0 Å². The maximum atomic E-state index is 5.82. The van der Waals surface area contributed by atoms with Crippen LogP contribution in [0, 0.1) is 0 Å². The molecule has 0 aliphatic heterocycles. The average Bonchev–Trinajstić information content (AvgIpc) is 2.92. The van der Waals surface area contributed by atoms with Crippen LogP contribution in [0.3, 0.4) is 0 Å². The van der Waals surface area contributed by atoms with Gasteiger partial charge in [0.05, 0.1) is 12.3 Å². The molecule has 18 heavy (non-hydrogen) atoms. The van der Waals surface area contributed by atoms with Crippen LogP contribution in [0.4, 0.5) is 0 Å². The van der Waals surface area contributed by atoms with E-state index in [1.54, 1.807) is 6.26 Å². The Kier molecular flexibility index (Phi) is 4.50. The van der Waals surface area contributed by atoms with Crippen molar-refractivity contribution >= 4 is 0 Å². The Balaban J connectivity index is 1.92. The minimum atomic E-state index is 0.141. The number of aromatic nitrogens is 1. The molecule has 4 nitrogen and oxygen atoms in total. The van der Waals surface area contributed by atoms with E-state index in [0.717, 1.165) is 18.7 Å². The van der Waals surface area contributed by atoms with Gasteiger partial charge in [-0.25, -0.2) is 0 Å². The zero-order valence-corrected chi connectivity index (χ0v) is 10.6. The van der Waals surface area contributed by atoms with Gasteiger partial charge in [0.25, 0.3) is 0 Å². The van der Waals surface area contributed by atoms with Crippen LogP contribution in [0.1, 0.15) is 17.4 Å². The van der Waals surface area contributed by atoms with Crippen LogP contribution in [0.5, 0.6) is 0 Å². The summed E-state index contributed by atoms with van der Waals surface area (Å²) in [5.41, 5.74) is 7.11. The number of likely N-dealkylation sites (N-methyl/N-ethyl adjacent to an activating group) is 1. The summed E-state index contributed by atoms with van der Waals surface area (Å²) in [4.78, 5) is 6.24. The second kappa shape index (κ2) is 6.33. The summed E-state index contributed by atoms with van der Waals surface area (Å²) in [6.07, 6.45) is 6.31. The molecule has 0 radical (unpaired) electrons. The lowest BCUT2D eigenvalue weighted by atomic mass is 10.1. The van der Waals surface area contributed by atoms with Gasteiger partial charge in [-0.1, -0.05) is 0 Å². The highest BCUT2D eigenvalue weighted by Crippen LogP contribution is 2.18. The summed E-state index contributed by atoms with van der Waals surface area (Å²) in [5.74, 6) is 0.926. The van der Waals surface area contributed by atoms with Gasteiger partial charge in [-0.2, -0.15) is 0 Å². The van der Waals surface area contributed by atoms with E-state index in [1.807, 2.05) is 36.7 Å². The summed E-state index contributed by atoms with van der Waals surface area (Å²) < 4.78 is 5.43. The van der Waals surface area contributed by atoms with Crippen molar-refractivity contribution in [3.8, 4) is 0 Å². The molecule has 2 N–H and O–H groups in total. The fourth-order valence-corrected chi connectivity index (χ4v) is 2.00. The van der Waals surface area contributed by atoms with E-state index in [4.69, 9.17) is 10.2 Å². The predicted octanol–water partition coefficient (Wildman–Crippen LogP) is 1.85. The second-order valence-electron chi connectivity index (χ2n) is 4.35. The maximum absolute atomic E-state index is 5.82. The van der Waals surface area contributed by atoms with Gasteiger partial charge < -0.3 is 10.2 Å². The molecular weight excluding hydrogens is 226 g/mol. The average molecular weight is 245 g/mol. The normalized spacial score (nSPS) is 12.8. The topological polar surface area (TPSA) is 55.3 Å². The largest absolute Gasteiger partial charge is 0.468 e. The maximum Gasteiger partial charge on any atom is 0.122 e. The number of hydrogen-bond donors (Lipinski definition) is 1. The zero-order chi connectivity index (χ0) is 12.8. The molecule has 2 rings (SSSR count). The molecular formula is C14H19N3O. The fraction of sp³-hybridized carbons (Fsp3) is 0.357. The molecule has 96 valence electrons. The fourth-order valence-electron chi connectivity index (χ4n) is 2.00. The first kappa shape index (κ1) is 12.8. The number of hydrogen-bond acceptors (Lipinski definition) is 4. The lowest BCUT2D eigenvalue weighted by Crippen LogP contribution is -2.31. The van der Waals surface area contributed by atoms with E-state index < -0.39 is 0 Å². The monoisotopic (exact) mass is 245 g/mol. The minimum absolute atomic E-state index is 0.141. The zero-order valence-electron chi connectivity index (χ0n) is 10.6. The van der Waals surface area contributed by atoms with Crippen molar-refractivity contribution in [2.24, 2.45) is 5.73 Å². The molecule has 0 aliphatic carbocycles. The summed E-state index contributed by atoms with van der Waals surface area (Å²) >= 11 is 0. The molecule has 4 heteroatoms. The second-order valence-corrected chi connectivity index (χ2v) is 4.35. The van der Waals surface area contributed by atoms with Gasteiger partial charge in [0.2, 0.25) is 0 Å². The molecule has 0 saturated carbocycles. The number of nitrogens with two attached hydrogens (primary N) is 1. The number of pyridine rings is 1. The van der Waals surface area contributed by atoms with E-state index in [0.29, 0.717) is 6.54 Å². The molecule has 1 unspecified atom stereocenters. The molecule has 0 aliphatic rings. The van der Waals surface area contributed by atoms with Gasteiger partial charge in [0, 0.05) is 25.5 Å². The number of furan rings is 1. The van der Waals surface area contributed by atoms with Crippen LogP contribution in [0.2, 0.25) is 0 Å². The third-order valence-electron chi connectivity index (χ3n) is 3.13. The van der Waals surface area contributed by atoms with Crippen LogP contribution < -0.4 is 5.73 Å². The first-order chi connectivity index (χ1) is 8.81. The predicted molar refractivity (Wildman–Crippen MR) is 71.1 cm³/mol. The SMILES string of the molecule is CN(CCc1ccncc1)C(CN)c1ccco1. The van der Waals surface area contributed by atoms with E-state index >= 15 is 0 Å². The van der Waals surface area contributed by atoms with Crippen LogP contribution in [0.25, 0.3) is 0 Å². The molecule has 0 spiro atoms. The van der Waals surface area contributed by atoms with Crippen LogP contribution in [0.15, 0.2) is 47.3 Å². The molecule has 0 aromatic carbocycles. The van der Waals surface area contributed by atoms with E-state index in [-0.39, 0.29) is 6.04 Å². The molecule has 0 saturated heterocycles. The Morgan fingerprint density at radius 2 is 2.11 bits per heavy atom. The molecule has 0 bridgehead atoms. The quantitative estimate of drug-likeness (QED) is 0.844. The van der Waals surface area contributed by atoms with Crippen molar-refractivity contribution in [3.05, 3.63) is 54.2 Å². The van der Waals surface area contributed by atoms with Gasteiger partial charge in [-0.15, -0.1) is 0 Å². The van der Waals surface area contributed by atoms with Gasteiger partial charge in [0.1, 0.15) is 5.76 Å². The van der Waals surface area contributed by atoms with Crippen molar-refractivity contribution in [3.63, 3.8) is 0 Å². The molecule has 0 amide bonds. The van der Waals surface area contributed by atoms with Crippen molar-refractivity contribution in [2.45, 2.75) is 12.5 Å². The van der Waals surface area contributed by atoms with Gasteiger partial charge in [0.15, 0.2) is 0 Å². The lowest BCUT2D eigenvalue weighted by Gasteiger charge is -2.25. The summed E-state index contributed by atoms with van der Waals surface area (Å²) in [6, 6.07) is 8.09. The highest BCUT2D eigenvalue weighted by molar-refractivity contribution is 5.10. The number of nitrogens with zero attached hydrogens (tertiary/aromatic N) is 2. The van der Waals surface area contributed by atoms with Crippen LogP contribution in [-0.2, 0) is 6.42 Å². The van der Waals surface area contributed by atoms with Gasteiger partial charge in [-0.3, -0.25) is 9.88 Å². The molecule has 2 aromatic rings. The summed E-state index contributed by atoms with van der Waals surface area (Å²) in [5, 5.41) is 0. The Morgan fingerprint density at radius 3 is 2.72 bits per heavy atom.